The van der Waals surface area contributed by atoms with Crippen LogP contribution < -0.4 is 19.7 Å². The van der Waals surface area contributed by atoms with Gasteiger partial charge in [0.1, 0.15) is 11.5 Å². The Morgan fingerprint density at radius 1 is 1.03 bits per heavy atom. The molecule has 0 spiro atoms. The van der Waals surface area contributed by atoms with Crippen LogP contribution in [0.1, 0.15) is 18.9 Å². The van der Waals surface area contributed by atoms with E-state index in [0.717, 1.165) is 11.3 Å². The summed E-state index contributed by atoms with van der Waals surface area (Å²) in [4.78, 5) is 26.9. The Hall–Kier alpha value is -3.80. The van der Waals surface area contributed by atoms with E-state index in [-0.39, 0.29) is 24.8 Å². The molecule has 0 fully saturated rings. The van der Waals surface area contributed by atoms with E-state index in [1.807, 2.05) is 60.7 Å². The fourth-order valence-corrected chi connectivity index (χ4v) is 3.42. The van der Waals surface area contributed by atoms with Gasteiger partial charge in [0.2, 0.25) is 5.91 Å². The molecule has 158 valence electrons. The van der Waals surface area contributed by atoms with Gasteiger partial charge in [-0.05, 0) is 42.8 Å². The lowest BCUT2D eigenvalue weighted by molar-refractivity contribution is -0.125. The molecule has 31 heavy (non-hydrogen) atoms. The summed E-state index contributed by atoms with van der Waals surface area (Å²) in [6.45, 7) is 2.45. The van der Waals surface area contributed by atoms with Crippen molar-refractivity contribution in [1.82, 2.24) is 0 Å². The molecular weight excluding hydrogens is 392 g/mol. The number of anilines is 2. The highest BCUT2D eigenvalue weighted by Crippen LogP contribution is 2.37. The number of para-hydroxylation sites is 1. The van der Waals surface area contributed by atoms with E-state index >= 15 is 0 Å². The molecule has 1 N–H and O–H groups in total. The SMILES string of the molecule is CC1Oc2ccc(NC(=O)CCOc3ccccc3)cc2N(Cc2ccccc2)C1=O. The number of nitrogens with zero attached hydrogens (tertiary/aromatic N) is 1. The van der Waals surface area contributed by atoms with Gasteiger partial charge in [-0.3, -0.25) is 9.59 Å². The Balaban J connectivity index is 1.44. The second-order valence-corrected chi connectivity index (χ2v) is 7.31. The van der Waals surface area contributed by atoms with Crippen LogP contribution in [-0.2, 0) is 16.1 Å². The van der Waals surface area contributed by atoms with Crippen LogP contribution in [0.2, 0.25) is 0 Å². The number of hydrogen-bond donors (Lipinski definition) is 1. The first-order valence-corrected chi connectivity index (χ1v) is 10.2. The van der Waals surface area contributed by atoms with Gasteiger partial charge in [0, 0.05) is 5.69 Å². The summed E-state index contributed by atoms with van der Waals surface area (Å²) in [5.41, 5.74) is 2.26. The Morgan fingerprint density at radius 2 is 1.74 bits per heavy atom. The lowest BCUT2D eigenvalue weighted by Gasteiger charge is -2.33. The van der Waals surface area contributed by atoms with Crippen LogP contribution in [-0.4, -0.2) is 24.5 Å². The Kier molecular flexibility index (Phi) is 6.17. The maximum absolute atomic E-state index is 12.8. The van der Waals surface area contributed by atoms with Crippen LogP contribution in [0.5, 0.6) is 11.5 Å². The van der Waals surface area contributed by atoms with Crippen molar-refractivity contribution < 1.29 is 19.1 Å². The predicted molar refractivity (Wildman–Crippen MR) is 119 cm³/mol. The van der Waals surface area contributed by atoms with Gasteiger partial charge in [-0.1, -0.05) is 48.5 Å². The fourth-order valence-electron chi connectivity index (χ4n) is 3.42. The topological polar surface area (TPSA) is 67.9 Å². The van der Waals surface area contributed by atoms with Gasteiger partial charge in [-0.2, -0.15) is 0 Å². The van der Waals surface area contributed by atoms with Gasteiger partial charge >= 0.3 is 0 Å². The third-order valence-electron chi connectivity index (χ3n) is 4.98. The Labute approximate surface area is 181 Å². The lowest BCUT2D eigenvalue weighted by Crippen LogP contribution is -2.44. The molecule has 4 rings (SSSR count). The van der Waals surface area contributed by atoms with Crippen molar-refractivity contribution in [3.63, 3.8) is 0 Å². The van der Waals surface area contributed by atoms with Crippen molar-refractivity contribution in [2.24, 2.45) is 0 Å². The van der Waals surface area contributed by atoms with E-state index in [9.17, 15) is 9.59 Å². The summed E-state index contributed by atoms with van der Waals surface area (Å²) >= 11 is 0. The molecule has 0 saturated carbocycles. The van der Waals surface area contributed by atoms with Crippen molar-refractivity contribution in [2.45, 2.75) is 26.0 Å². The Morgan fingerprint density at radius 3 is 2.48 bits per heavy atom. The first kappa shape index (κ1) is 20.5. The maximum atomic E-state index is 12.8. The third kappa shape index (κ3) is 5.04. The molecule has 6 nitrogen and oxygen atoms in total. The largest absolute Gasteiger partial charge is 0.493 e. The minimum absolute atomic E-state index is 0.115. The molecule has 0 saturated heterocycles. The summed E-state index contributed by atoms with van der Waals surface area (Å²) in [6, 6.07) is 24.5. The van der Waals surface area contributed by atoms with E-state index in [1.165, 1.54) is 0 Å². The number of benzene rings is 3. The predicted octanol–water partition coefficient (Wildman–Crippen LogP) is 4.41. The van der Waals surface area contributed by atoms with Gasteiger partial charge in [0.15, 0.2) is 6.10 Å². The first-order chi connectivity index (χ1) is 15.1. The van der Waals surface area contributed by atoms with E-state index in [2.05, 4.69) is 5.32 Å². The summed E-state index contributed by atoms with van der Waals surface area (Å²) in [5.74, 6) is 1.07. The minimum Gasteiger partial charge on any atom is -0.493 e. The average Bonchev–Trinajstić information content (AvgIpc) is 2.79. The zero-order valence-corrected chi connectivity index (χ0v) is 17.3. The molecule has 0 aromatic heterocycles. The molecule has 3 aromatic carbocycles. The molecule has 1 aliphatic heterocycles. The molecule has 3 aromatic rings. The van der Waals surface area contributed by atoms with Crippen LogP contribution in [0.4, 0.5) is 11.4 Å². The van der Waals surface area contributed by atoms with E-state index < -0.39 is 6.10 Å². The minimum atomic E-state index is -0.563. The third-order valence-corrected chi connectivity index (χ3v) is 4.98. The molecule has 0 bridgehead atoms. The summed E-state index contributed by atoms with van der Waals surface area (Å²) in [6.07, 6.45) is -0.349. The van der Waals surface area contributed by atoms with E-state index in [4.69, 9.17) is 9.47 Å². The monoisotopic (exact) mass is 416 g/mol. The number of hydrogen-bond acceptors (Lipinski definition) is 4. The van der Waals surface area contributed by atoms with Crippen molar-refractivity contribution in [1.29, 1.82) is 0 Å². The van der Waals surface area contributed by atoms with Gasteiger partial charge in [-0.15, -0.1) is 0 Å². The number of carbonyl (C=O) groups excluding carboxylic acids is 2. The number of nitrogens with one attached hydrogen (secondary N) is 1. The van der Waals surface area contributed by atoms with Crippen LogP contribution in [0.25, 0.3) is 0 Å². The number of fused-ring (bicyclic) bond motifs is 1. The summed E-state index contributed by atoms with van der Waals surface area (Å²) in [5, 5.41) is 2.88. The van der Waals surface area contributed by atoms with E-state index in [0.29, 0.717) is 23.7 Å². The zero-order valence-electron chi connectivity index (χ0n) is 17.3. The highest BCUT2D eigenvalue weighted by Gasteiger charge is 2.31. The molecule has 1 aliphatic rings. The number of rotatable bonds is 7. The lowest BCUT2D eigenvalue weighted by atomic mass is 10.1. The number of carbonyl (C=O) groups is 2. The highest BCUT2D eigenvalue weighted by atomic mass is 16.5. The van der Waals surface area contributed by atoms with E-state index in [1.54, 1.807) is 30.0 Å². The van der Waals surface area contributed by atoms with Crippen LogP contribution in [0.3, 0.4) is 0 Å². The smallest absolute Gasteiger partial charge is 0.268 e. The highest BCUT2D eigenvalue weighted by molar-refractivity contribution is 6.01. The molecule has 0 aliphatic carbocycles. The first-order valence-electron chi connectivity index (χ1n) is 10.2. The van der Waals surface area contributed by atoms with Crippen molar-refractivity contribution >= 4 is 23.2 Å². The second kappa shape index (κ2) is 9.34. The standard InChI is InChI=1S/C25H24N2O4/c1-18-25(29)27(17-19-8-4-2-5-9-19)22-16-20(12-13-23(22)31-18)26-24(28)14-15-30-21-10-6-3-7-11-21/h2-13,16,18H,14-15,17H2,1H3,(H,26,28). The van der Waals surface area contributed by atoms with Crippen molar-refractivity contribution in [3.8, 4) is 11.5 Å². The summed E-state index contributed by atoms with van der Waals surface area (Å²) < 4.78 is 11.3. The molecule has 0 radical (unpaired) electrons. The van der Waals surface area contributed by atoms with Gasteiger partial charge < -0.3 is 19.7 Å². The van der Waals surface area contributed by atoms with Crippen LogP contribution in [0, 0.1) is 0 Å². The van der Waals surface area contributed by atoms with Crippen LogP contribution in [0.15, 0.2) is 78.9 Å². The second-order valence-electron chi connectivity index (χ2n) is 7.31. The van der Waals surface area contributed by atoms with Crippen molar-refractivity contribution in [3.05, 3.63) is 84.4 Å². The normalized spacial score (nSPS) is 15.1. The Bertz CT molecular complexity index is 1050. The molecular formula is C25H24N2O4. The maximum Gasteiger partial charge on any atom is 0.268 e. The quantitative estimate of drug-likeness (QED) is 0.620. The number of amides is 2. The summed E-state index contributed by atoms with van der Waals surface area (Å²) in [7, 11) is 0. The van der Waals surface area contributed by atoms with Gasteiger partial charge in [-0.25, -0.2) is 0 Å². The molecule has 1 heterocycles. The molecule has 2 amide bonds. The molecule has 6 heteroatoms. The van der Waals surface area contributed by atoms with Crippen molar-refractivity contribution in [2.75, 3.05) is 16.8 Å². The van der Waals surface area contributed by atoms with Gasteiger partial charge in [0.05, 0.1) is 25.3 Å². The van der Waals surface area contributed by atoms with Gasteiger partial charge in [0.25, 0.3) is 5.91 Å². The molecule has 1 atom stereocenters. The number of ether oxygens (including phenoxy) is 2. The fraction of sp³-hybridized carbons (Fsp3) is 0.200. The zero-order chi connectivity index (χ0) is 21.6. The van der Waals surface area contributed by atoms with Crippen LogP contribution >= 0.6 is 0 Å². The molecule has 1 unspecified atom stereocenters. The average molecular weight is 416 g/mol.